The van der Waals surface area contributed by atoms with E-state index < -0.39 is 30.2 Å². The molecule has 0 bridgehead atoms. The van der Waals surface area contributed by atoms with Gasteiger partial charge in [-0.2, -0.15) is 18.3 Å². The van der Waals surface area contributed by atoms with E-state index in [2.05, 4.69) is 10.5 Å². The molecule has 0 fully saturated rings. The lowest BCUT2D eigenvalue weighted by Gasteiger charge is -2.11. The molecule has 154 valence electrons. The van der Waals surface area contributed by atoms with Gasteiger partial charge in [-0.15, -0.1) is 0 Å². The lowest BCUT2D eigenvalue weighted by Crippen LogP contribution is -2.18. The Morgan fingerprint density at radius 2 is 1.90 bits per heavy atom. The van der Waals surface area contributed by atoms with Crippen LogP contribution in [-0.4, -0.2) is 36.4 Å². The first kappa shape index (κ1) is 21.7. The predicted octanol–water partition coefficient (Wildman–Crippen LogP) is 3.33. The molecule has 1 amide bonds. The summed E-state index contributed by atoms with van der Waals surface area (Å²) >= 11 is 0. The van der Waals surface area contributed by atoms with Crippen LogP contribution in [-0.2, 0) is 11.0 Å². The molecule has 0 aliphatic heterocycles. The van der Waals surface area contributed by atoms with E-state index in [4.69, 9.17) is 14.6 Å². The molecule has 7 nitrogen and oxygen atoms in total. The number of carbonyl (C=O) groups is 2. The van der Waals surface area contributed by atoms with Crippen LogP contribution in [0.4, 0.5) is 13.2 Å². The molecule has 0 radical (unpaired) electrons. The molecule has 2 aromatic carbocycles. The van der Waals surface area contributed by atoms with Crippen molar-refractivity contribution in [2.45, 2.75) is 13.1 Å². The van der Waals surface area contributed by atoms with Crippen molar-refractivity contribution >= 4 is 18.1 Å². The summed E-state index contributed by atoms with van der Waals surface area (Å²) in [7, 11) is 0. The fourth-order valence-electron chi connectivity index (χ4n) is 2.20. The van der Waals surface area contributed by atoms with Crippen LogP contribution in [0.5, 0.6) is 11.5 Å². The first-order valence-corrected chi connectivity index (χ1v) is 8.32. The zero-order valence-corrected chi connectivity index (χ0v) is 15.2. The molecule has 2 N–H and O–H groups in total. The maximum absolute atomic E-state index is 12.7. The van der Waals surface area contributed by atoms with Gasteiger partial charge in [0.1, 0.15) is 0 Å². The number of rotatable bonds is 8. The summed E-state index contributed by atoms with van der Waals surface area (Å²) in [4.78, 5) is 22.6. The van der Waals surface area contributed by atoms with Crippen molar-refractivity contribution < 1.29 is 37.3 Å². The normalized spacial score (nSPS) is 11.3. The van der Waals surface area contributed by atoms with Crippen LogP contribution < -0.4 is 14.9 Å². The quantitative estimate of drug-likeness (QED) is 0.514. The lowest BCUT2D eigenvalue weighted by atomic mass is 10.1. The fourth-order valence-corrected chi connectivity index (χ4v) is 2.20. The Morgan fingerprint density at radius 1 is 1.14 bits per heavy atom. The summed E-state index contributed by atoms with van der Waals surface area (Å²) < 4.78 is 48.7. The smallest absolute Gasteiger partial charge is 0.416 e. The fraction of sp³-hybridized carbons (Fsp3) is 0.211. The van der Waals surface area contributed by atoms with Crippen molar-refractivity contribution in [3.05, 3.63) is 59.2 Å². The number of ether oxygens (including phenoxy) is 2. The lowest BCUT2D eigenvalue weighted by molar-refractivity contribution is -0.139. The molecule has 0 unspecified atom stereocenters. The SMILES string of the molecule is CCOc1cc(/C=N\NC(=O)c2cccc(C(F)(F)F)c2)ccc1OCC(=O)O. The molecule has 0 saturated carbocycles. The summed E-state index contributed by atoms with van der Waals surface area (Å²) in [5.74, 6) is -1.45. The molecule has 0 aliphatic rings. The Kier molecular flexibility index (Phi) is 7.18. The minimum absolute atomic E-state index is 0.190. The molecule has 10 heteroatoms. The number of carboxylic acids is 1. The highest BCUT2D eigenvalue weighted by atomic mass is 19.4. The third kappa shape index (κ3) is 6.52. The van der Waals surface area contributed by atoms with E-state index in [0.717, 1.165) is 18.2 Å². The van der Waals surface area contributed by atoms with Gasteiger partial charge in [-0.1, -0.05) is 6.07 Å². The van der Waals surface area contributed by atoms with Gasteiger partial charge in [0.25, 0.3) is 5.91 Å². The topological polar surface area (TPSA) is 97.2 Å². The van der Waals surface area contributed by atoms with Crippen LogP contribution in [0.1, 0.15) is 28.4 Å². The Bertz CT molecular complexity index is 913. The van der Waals surface area contributed by atoms with Crippen LogP contribution in [0.3, 0.4) is 0 Å². The molecule has 2 rings (SSSR count). The van der Waals surface area contributed by atoms with Crippen LogP contribution in [0.2, 0.25) is 0 Å². The molecule has 2 aromatic rings. The van der Waals surface area contributed by atoms with E-state index in [1.54, 1.807) is 13.0 Å². The van der Waals surface area contributed by atoms with Crippen molar-refractivity contribution in [3.63, 3.8) is 0 Å². The third-order valence-corrected chi connectivity index (χ3v) is 3.45. The Balaban J connectivity index is 2.08. The van der Waals surface area contributed by atoms with E-state index in [1.165, 1.54) is 24.4 Å². The summed E-state index contributed by atoms with van der Waals surface area (Å²) in [5.41, 5.74) is 1.50. The number of hydrogen-bond acceptors (Lipinski definition) is 5. The number of hydrogen-bond donors (Lipinski definition) is 2. The molecule has 0 spiro atoms. The van der Waals surface area contributed by atoms with Crippen molar-refractivity contribution in [1.82, 2.24) is 5.43 Å². The standard InChI is InChI=1S/C19H17F3N2O5/c1-2-28-16-8-12(6-7-15(16)29-11-17(25)26)10-23-24-18(27)13-4-3-5-14(9-13)19(20,21)22/h3-10H,2,11H2,1H3,(H,24,27)(H,25,26)/b23-10-. The Hall–Kier alpha value is -3.56. The van der Waals surface area contributed by atoms with Crippen LogP contribution in [0, 0.1) is 0 Å². The molecule has 0 heterocycles. The molecule has 0 atom stereocenters. The number of carbonyl (C=O) groups excluding carboxylic acids is 1. The number of alkyl halides is 3. The van der Waals surface area contributed by atoms with Crippen molar-refractivity contribution in [3.8, 4) is 11.5 Å². The summed E-state index contributed by atoms with van der Waals surface area (Å²) in [6.45, 7) is 1.49. The number of nitrogens with zero attached hydrogens (tertiary/aromatic N) is 1. The second-order valence-electron chi connectivity index (χ2n) is 5.60. The molecular weight excluding hydrogens is 393 g/mol. The first-order valence-electron chi connectivity index (χ1n) is 8.32. The van der Waals surface area contributed by atoms with E-state index in [9.17, 15) is 22.8 Å². The number of amides is 1. The monoisotopic (exact) mass is 410 g/mol. The third-order valence-electron chi connectivity index (χ3n) is 3.45. The molecule has 29 heavy (non-hydrogen) atoms. The van der Waals surface area contributed by atoms with E-state index in [0.29, 0.717) is 12.2 Å². The second-order valence-corrected chi connectivity index (χ2v) is 5.60. The average Bonchev–Trinajstić information content (AvgIpc) is 2.67. The van der Waals surface area contributed by atoms with Crippen LogP contribution >= 0.6 is 0 Å². The Morgan fingerprint density at radius 3 is 2.55 bits per heavy atom. The molecule has 0 saturated heterocycles. The maximum atomic E-state index is 12.7. The molecular formula is C19H17F3N2O5. The minimum Gasteiger partial charge on any atom is -0.490 e. The second kappa shape index (κ2) is 9.58. The predicted molar refractivity (Wildman–Crippen MR) is 97.2 cm³/mol. The highest BCUT2D eigenvalue weighted by Crippen LogP contribution is 2.30. The zero-order valence-electron chi connectivity index (χ0n) is 15.2. The number of carboxylic acid groups (broad SMARTS) is 1. The van der Waals surface area contributed by atoms with Gasteiger partial charge in [-0.3, -0.25) is 4.79 Å². The number of aliphatic carboxylic acids is 1. The van der Waals surface area contributed by atoms with Gasteiger partial charge in [0.15, 0.2) is 18.1 Å². The van der Waals surface area contributed by atoms with Gasteiger partial charge in [0, 0.05) is 5.56 Å². The van der Waals surface area contributed by atoms with Gasteiger partial charge in [-0.25, -0.2) is 10.2 Å². The van der Waals surface area contributed by atoms with E-state index in [-0.39, 0.29) is 17.1 Å². The summed E-state index contributed by atoms with van der Waals surface area (Å²) in [6, 6.07) is 8.49. The Labute approximate surface area is 163 Å². The van der Waals surface area contributed by atoms with Crippen LogP contribution in [0.15, 0.2) is 47.6 Å². The largest absolute Gasteiger partial charge is 0.490 e. The number of hydrazone groups is 1. The highest BCUT2D eigenvalue weighted by Gasteiger charge is 2.30. The van der Waals surface area contributed by atoms with Crippen LogP contribution in [0.25, 0.3) is 0 Å². The van der Waals surface area contributed by atoms with Gasteiger partial charge in [0.05, 0.1) is 18.4 Å². The zero-order chi connectivity index (χ0) is 21.4. The number of nitrogens with one attached hydrogen (secondary N) is 1. The van der Waals surface area contributed by atoms with Crippen molar-refractivity contribution in [1.29, 1.82) is 0 Å². The van der Waals surface area contributed by atoms with Gasteiger partial charge < -0.3 is 14.6 Å². The minimum atomic E-state index is -4.56. The summed E-state index contributed by atoms with van der Waals surface area (Å²) in [6.07, 6.45) is -3.30. The van der Waals surface area contributed by atoms with Crippen molar-refractivity contribution in [2.75, 3.05) is 13.2 Å². The summed E-state index contributed by atoms with van der Waals surface area (Å²) in [5, 5.41) is 12.4. The van der Waals surface area contributed by atoms with Gasteiger partial charge >= 0.3 is 12.1 Å². The van der Waals surface area contributed by atoms with Gasteiger partial charge in [-0.05, 0) is 48.9 Å². The first-order chi connectivity index (χ1) is 13.7. The van der Waals surface area contributed by atoms with E-state index >= 15 is 0 Å². The van der Waals surface area contributed by atoms with Gasteiger partial charge in [0.2, 0.25) is 0 Å². The molecule has 0 aromatic heterocycles. The molecule has 0 aliphatic carbocycles. The average molecular weight is 410 g/mol. The maximum Gasteiger partial charge on any atom is 0.416 e. The van der Waals surface area contributed by atoms with Crippen molar-refractivity contribution in [2.24, 2.45) is 5.10 Å². The number of benzene rings is 2. The van der Waals surface area contributed by atoms with E-state index in [1.807, 2.05) is 0 Å². The highest BCUT2D eigenvalue weighted by molar-refractivity contribution is 5.95. The number of halogens is 3.